The number of nitrogen functional groups attached to an aromatic ring is 1. The van der Waals surface area contributed by atoms with Crippen LogP contribution >= 0.6 is 15.2 Å². The summed E-state index contributed by atoms with van der Waals surface area (Å²) in [4.78, 5) is 39.0. The molecule has 0 atom stereocenters. The number of nitrogens with two attached hydrogens (primary N) is 1. The summed E-state index contributed by atoms with van der Waals surface area (Å²) in [6.07, 6.45) is 1.26. The molecule has 11 heteroatoms. The normalized spacial score (nSPS) is 12.8. The molecule has 0 aliphatic rings. The molecule has 7 N–H and O–H groups in total. The fourth-order valence-corrected chi connectivity index (χ4v) is 3.17. The predicted molar refractivity (Wildman–Crippen MR) is 60.1 cm³/mol. The zero-order valence-electron chi connectivity index (χ0n) is 8.33. The number of aromatic nitrogens is 1. The van der Waals surface area contributed by atoms with Crippen molar-refractivity contribution in [2.24, 2.45) is 0 Å². The zero-order valence-corrected chi connectivity index (χ0v) is 10.1. The SMILES string of the molecule is Nc1cccnc1NC(P(=O)(O)O)P(=O)(O)O. The fourth-order valence-electron chi connectivity index (χ4n) is 1.02. The standard InChI is InChI=1S/C6H11N3O6P2/c7-4-2-1-3-8-5(4)9-6(16(10,11)12)17(13,14)15/h1-3,6H,7H2,(H,8,9)(H2,10,11,12)(H2,13,14,15). The number of anilines is 2. The average Bonchev–Trinajstić information content (AvgIpc) is 2.12. The highest BCUT2D eigenvalue weighted by atomic mass is 31.2. The van der Waals surface area contributed by atoms with E-state index in [-0.39, 0.29) is 11.5 Å². The molecule has 0 saturated heterocycles. The van der Waals surface area contributed by atoms with Gasteiger partial charge in [-0.3, -0.25) is 9.13 Å². The quantitative estimate of drug-likeness (QED) is 0.407. The minimum Gasteiger partial charge on any atom is -0.396 e. The molecule has 0 bridgehead atoms. The lowest BCUT2D eigenvalue weighted by Gasteiger charge is -2.21. The van der Waals surface area contributed by atoms with Gasteiger partial charge in [-0.1, -0.05) is 0 Å². The Morgan fingerprint density at radius 2 is 1.76 bits per heavy atom. The number of hydrogen-bond acceptors (Lipinski definition) is 5. The molecule has 0 aromatic carbocycles. The van der Waals surface area contributed by atoms with Crippen LogP contribution in [0.3, 0.4) is 0 Å². The van der Waals surface area contributed by atoms with Crippen LogP contribution in [0.5, 0.6) is 0 Å². The van der Waals surface area contributed by atoms with Crippen molar-refractivity contribution in [1.82, 2.24) is 4.98 Å². The summed E-state index contributed by atoms with van der Waals surface area (Å²) >= 11 is 0. The highest BCUT2D eigenvalue weighted by Crippen LogP contribution is 2.59. The molecule has 1 rings (SSSR count). The van der Waals surface area contributed by atoms with Crippen molar-refractivity contribution in [3.63, 3.8) is 0 Å². The van der Waals surface area contributed by atoms with Crippen LogP contribution in [0.1, 0.15) is 0 Å². The largest absolute Gasteiger partial charge is 0.396 e. The molecule has 0 radical (unpaired) electrons. The van der Waals surface area contributed by atoms with Crippen molar-refractivity contribution in [3.05, 3.63) is 18.3 Å². The third-order valence-electron chi connectivity index (χ3n) is 1.74. The second-order valence-electron chi connectivity index (χ2n) is 3.14. The highest BCUT2D eigenvalue weighted by molar-refractivity contribution is 7.71. The van der Waals surface area contributed by atoms with E-state index in [0.29, 0.717) is 0 Å². The molecule has 0 unspecified atom stereocenters. The Hall–Kier alpha value is -0.950. The van der Waals surface area contributed by atoms with E-state index in [1.165, 1.54) is 18.3 Å². The van der Waals surface area contributed by atoms with Crippen molar-refractivity contribution in [2.75, 3.05) is 11.1 Å². The Labute approximate surface area is 96.0 Å². The fraction of sp³-hybridized carbons (Fsp3) is 0.167. The van der Waals surface area contributed by atoms with Gasteiger partial charge in [0.15, 0.2) is 0 Å². The predicted octanol–water partition coefficient (Wildman–Crippen LogP) is -0.285. The molecule has 96 valence electrons. The topological polar surface area (TPSA) is 166 Å². The second kappa shape index (κ2) is 4.73. The van der Waals surface area contributed by atoms with Crippen molar-refractivity contribution >= 4 is 26.7 Å². The third kappa shape index (κ3) is 3.78. The summed E-state index contributed by atoms with van der Waals surface area (Å²) in [5.41, 5.74) is 3.07. The first-order valence-electron chi connectivity index (χ1n) is 4.20. The Morgan fingerprint density at radius 3 is 2.18 bits per heavy atom. The number of rotatable bonds is 4. The van der Waals surface area contributed by atoms with E-state index in [9.17, 15) is 9.13 Å². The first-order chi connectivity index (χ1) is 7.62. The number of nitrogens with zero attached hydrogens (tertiary/aromatic N) is 1. The Balaban J connectivity index is 3.09. The molecule has 1 aromatic heterocycles. The van der Waals surface area contributed by atoms with Gasteiger partial charge >= 0.3 is 15.2 Å². The van der Waals surface area contributed by atoms with Gasteiger partial charge in [-0.25, -0.2) is 4.98 Å². The van der Waals surface area contributed by atoms with E-state index in [2.05, 4.69) is 4.98 Å². The lowest BCUT2D eigenvalue weighted by atomic mass is 10.4. The molecule has 0 amide bonds. The lowest BCUT2D eigenvalue weighted by molar-refractivity contribution is 0.343. The number of nitrogens with one attached hydrogen (secondary N) is 1. The number of pyridine rings is 1. The van der Waals surface area contributed by atoms with Crippen molar-refractivity contribution in [3.8, 4) is 0 Å². The zero-order chi connectivity index (χ0) is 13.3. The molecule has 0 aliphatic heterocycles. The molecule has 17 heavy (non-hydrogen) atoms. The minimum atomic E-state index is -5.05. The Bertz CT molecular complexity index is 474. The van der Waals surface area contributed by atoms with Gasteiger partial charge in [0.2, 0.25) is 5.52 Å². The van der Waals surface area contributed by atoms with Gasteiger partial charge < -0.3 is 30.6 Å². The average molecular weight is 283 g/mol. The molecular weight excluding hydrogens is 272 g/mol. The van der Waals surface area contributed by atoms with Crippen LogP contribution < -0.4 is 11.1 Å². The van der Waals surface area contributed by atoms with Crippen LogP contribution in [0.4, 0.5) is 11.5 Å². The highest BCUT2D eigenvalue weighted by Gasteiger charge is 2.43. The molecule has 0 aliphatic carbocycles. The van der Waals surface area contributed by atoms with Gasteiger partial charge in [-0.15, -0.1) is 0 Å². The van der Waals surface area contributed by atoms with Gasteiger partial charge in [0.05, 0.1) is 5.69 Å². The minimum absolute atomic E-state index is 0.0133. The van der Waals surface area contributed by atoms with E-state index in [0.717, 1.165) is 0 Å². The van der Waals surface area contributed by atoms with Gasteiger partial charge in [0, 0.05) is 6.20 Å². The van der Waals surface area contributed by atoms with Gasteiger partial charge in [-0.05, 0) is 12.1 Å². The second-order valence-corrected chi connectivity index (χ2v) is 6.93. The van der Waals surface area contributed by atoms with Crippen molar-refractivity contribution in [1.29, 1.82) is 0 Å². The maximum Gasteiger partial charge on any atom is 0.360 e. The van der Waals surface area contributed by atoms with Crippen LogP contribution in [-0.4, -0.2) is 30.1 Å². The smallest absolute Gasteiger partial charge is 0.360 e. The van der Waals surface area contributed by atoms with Crippen LogP contribution in [0.15, 0.2) is 18.3 Å². The summed E-state index contributed by atoms with van der Waals surface area (Å²) < 4.78 is 21.9. The van der Waals surface area contributed by atoms with E-state index < -0.39 is 20.7 Å². The van der Waals surface area contributed by atoms with Crippen LogP contribution in [0, 0.1) is 0 Å². The lowest BCUT2D eigenvalue weighted by Crippen LogP contribution is -2.21. The maximum absolute atomic E-state index is 11.0. The van der Waals surface area contributed by atoms with Gasteiger partial charge in [0.1, 0.15) is 5.82 Å². The molecule has 9 nitrogen and oxygen atoms in total. The first-order valence-corrected chi connectivity index (χ1v) is 7.56. The first kappa shape index (κ1) is 14.1. The van der Waals surface area contributed by atoms with Crippen molar-refractivity contribution < 1.29 is 28.7 Å². The van der Waals surface area contributed by atoms with Crippen LogP contribution in [-0.2, 0) is 9.13 Å². The van der Waals surface area contributed by atoms with E-state index in [4.69, 9.17) is 25.3 Å². The number of hydrogen-bond donors (Lipinski definition) is 6. The molecule has 0 fully saturated rings. The molecular formula is C6H11N3O6P2. The van der Waals surface area contributed by atoms with Crippen LogP contribution in [0.2, 0.25) is 0 Å². The van der Waals surface area contributed by atoms with Crippen LogP contribution in [0.25, 0.3) is 0 Å². The summed E-state index contributed by atoms with van der Waals surface area (Å²) in [6, 6.07) is 2.83. The third-order valence-corrected chi connectivity index (χ3v) is 5.08. The Morgan fingerprint density at radius 1 is 1.24 bits per heavy atom. The Kier molecular flexibility index (Phi) is 3.93. The molecule has 0 saturated carbocycles. The van der Waals surface area contributed by atoms with Gasteiger partial charge in [-0.2, -0.15) is 0 Å². The van der Waals surface area contributed by atoms with Gasteiger partial charge in [0.25, 0.3) is 0 Å². The summed E-state index contributed by atoms with van der Waals surface area (Å²) in [5, 5.41) is 1.96. The monoisotopic (exact) mass is 283 g/mol. The van der Waals surface area contributed by atoms with Crippen molar-refractivity contribution in [2.45, 2.75) is 5.52 Å². The van der Waals surface area contributed by atoms with E-state index >= 15 is 0 Å². The summed E-state index contributed by atoms with van der Waals surface area (Å²) in [5.74, 6) is -0.204. The van der Waals surface area contributed by atoms with E-state index in [1.54, 1.807) is 0 Å². The molecule has 1 aromatic rings. The molecule has 0 spiro atoms. The maximum atomic E-state index is 11.0. The summed E-state index contributed by atoms with van der Waals surface area (Å²) in [7, 11) is -10.1. The molecule has 1 heterocycles. The van der Waals surface area contributed by atoms with E-state index in [1.807, 2.05) is 5.32 Å². The summed E-state index contributed by atoms with van der Waals surface area (Å²) in [6.45, 7) is 0.